The van der Waals surface area contributed by atoms with Crippen LogP contribution in [0.25, 0.3) is 0 Å². The first-order valence-corrected chi connectivity index (χ1v) is 9.84. The van der Waals surface area contributed by atoms with E-state index in [-0.39, 0.29) is 23.3 Å². The van der Waals surface area contributed by atoms with Crippen LogP contribution in [0.15, 0.2) is 24.5 Å². The maximum atomic E-state index is 13.0. The van der Waals surface area contributed by atoms with Crippen molar-refractivity contribution in [3.63, 3.8) is 0 Å². The van der Waals surface area contributed by atoms with Gasteiger partial charge in [0.2, 0.25) is 5.91 Å². The topological polar surface area (TPSA) is 66.0 Å². The first kappa shape index (κ1) is 18.4. The van der Waals surface area contributed by atoms with Crippen LogP contribution in [0.3, 0.4) is 0 Å². The number of nitrogens with zero attached hydrogens (tertiary/aromatic N) is 4. The van der Waals surface area contributed by atoms with E-state index in [1.165, 1.54) is 0 Å². The van der Waals surface area contributed by atoms with Crippen molar-refractivity contribution in [2.24, 2.45) is 5.41 Å². The maximum Gasteiger partial charge on any atom is 0.253 e. The van der Waals surface area contributed by atoms with Crippen molar-refractivity contribution in [2.45, 2.75) is 25.3 Å². The van der Waals surface area contributed by atoms with Gasteiger partial charge in [0, 0.05) is 50.7 Å². The summed E-state index contributed by atoms with van der Waals surface area (Å²) in [4.78, 5) is 35.7. The smallest absolute Gasteiger partial charge is 0.253 e. The van der Waals surface area contributed by atoms with Crippen LogP contribution in [0, 0.1) is 5.41 Å². The van der Waals surface area contributed by atoms with Gasteiger partial charge in [-0.1, -0.05) is 0 Å². The second-order valence-electron chi connectivity index (χ2n) is 8.10. The highest BCUT2D eigenvalue weighted by Gasteiger charge is 2.48. The first-order chi connectivity index (χ1) is 13.1. The number of hydrogen-bond donors (Lipinski definition) is 0. The van der Waals surface area contributed by atoms with Gasteiger partial charge in [0.15, 0.2) is 0 Å². The molecule has 7 nitrogen and oxygen atoms in total. The number of rotatable bonds is 2. The van der Waals surface area contributed by atoms with Gasteiger partial charge in [-0.15, -0.1) is 0 Å². The highest BCUT2D eigenvalue weighted by Crippen LogP contribution is 2.43. The van der Waals surface area contributed by atoms with Crippen molar-refractivity contribution in [1.82, 2.24) is 19.7 Å². The molecule has 2 amide bonds. The third-order valence-corrected chi connectivity index (χ3v) is 6.39. The van der Waals surface area contributed by atoms with Gasteiger partial charge in [0.05, 0.1) is 19.3 Å². The summed E-state index contributed by atoms with van der Waals surface area (Å²) in [6.45, 7) is 5.12. The minimum Gasteiger partial charge on any atom is -0.378 e. The summed E-state index contributed by atoms with van der Waals surface area (Å²) in [5.74, 6) is 0.326. The molecule has 1 aromatic rings. The number of likely N-dealkylation sites (tertiary alicyclic amines) is 2. The Labute approximate surface area is 160 Å². The molecule has 0 saturated carbocycles. The number of carbonyl (C=O) groups is 2. The fraction of sp³-hybridized carbons (Fsp3) is 0.650. The lowest BCUT2D eigenvalue weighted by Crippen LogP contribution is -2.48. The molecule has 3 aliphatic heterocycles. The van der Waals surface area contributed by atoms with Crippen LogP contribution >= 0.6 is 0 Å². The van der Waals surface area contributed by atoms with Gasteiger partial charge in [0.1, 0.15) is 0 Å². The van der Waals surface area contributed by atoms with Crippen molar-refractivity contribution < 1.29 is 14.3 Å². The predicted molar refractivity (Wildman–Crippen MR) is 100 cm³/mol. The van der Waals surface area contributed by atoms with Gasteiger partial charge >= 0.3 is 0 Å². The van der Waals surface area contributed by atoms with Crippen molar-refractivity contribution in [2.75, 3.05) is 53.0 Å². The van der Waals surface area contributed by atoms with E-state index in [0.717, 1.165) is 38.9 Å². The molecule has 3 fully saturated rings. The lowest BCUT2D eigenvalue weighted by Gasteiger charge is -2.39. The third-order valence-electron chi connectivity index (χ3n) is 6.39. The zero-order valence-corrected chi connectivity index (χ0v) is 16.0. The highest BCUT2D eigenvalue weighted by molar-refractivity contribution is 5.94. The lowest BCUT2D eigenvalue weighted by molar-refractivity contribution is -0.139. The average molecular weight is 372 g/mol. The Morgan fingerprint density at radius 1 is 1.07 bits per heavy atom. The second kappa shape index (κ2) is 7.56. The Morgan fingerprint density at radius 2 is 1.74 bits per heavy atom. The minimum atomic E-state index is -0.0365. The van der Waals surface area contributed by atoms with Crippen LogP contribution in [0.5, 0.6) is 0 Å². The molecule has 146 valence electrons. The summed E-state index contributed by atoms with van der Waals surface area (Å²) < 4.78 is 5.37. The minimum absolute atomic E-state index is 0.0365. The van der Waals surface area contributed by atoms with E-state index in [1.807, 2.05) is 9.80 Å². The summed E-state index contributed by atoms with van der Waals surface area (Å²) in [5, 5.41) is 0. The molecule has 0 aliphatic carbocycles. The van der Waals surface area contributed by atoms with Crippen LogP contribution < -0.4 is 0 Å². The Balaban J connectivity index is 1.37. The van der Waals surface area contributed by atoms with Gasteiger partial charge in [-0.25, -0.2) is 0 Å². The SMILES string of the molecule is CN1CC2(CCN(C(=O)c3ccncc3)CC2)CC1C(=O)N1CCOCC1. The van der Waals surface area contributed by atoms with E-state index < -0.39 is 0 Å². The molecular weight excluding hydrogens is 344 g/mol. The summed E-state index contributed by atoms with van der Waals surface area (Å²) in [5.41, 5.74) is 0.848. The fourth-order valence-corrected chi connectivity index (χ4v) is 4.76. The quantitative estimate of drug-likeness (QED) is 0.771. The predicted octanol–water partition coefficient (Wildman–Crippen LogP) is 0.867. The number of amides is 2. The number of morpholine rings is 1. The molecule has 7 heteroatoms. The summed E-state index contributed by atoms with van der Waals surface area (Å²) in [7, 11) is 2.06. The van der Waals surface area contributed by atoms with E-state index in [4.69, 9.17) is 4.74 Å². The van der Waals surface area contributed by atoms with Gasteiger partial charge in [-0.05, 0) is 43.9 Å². The van der Waals surface area contributed by atoms with Gasteiger partial charge < -0.3 is 14.5 Å². The van der Waals surface area contributed by atoms with Crippen LogP contribution in [-0.2, 0) is 9.53 Å². The van der Waals surface area contributed by atoms with Gasteiger partial charge in [0.25, 0.3) is 5.91 Å². The molecule has 3 saturated heterocycles. The Hall–Kier alpha value is -1.99. The zero-order chi connectivity index (χ0) is 18.9. The molecule has 0 N–H and O–H groups in total. The monoisotopic (exact) mass is 372 g/mol. The maximum absolute atomic E-state index is 13.0. The number of likely N-dealkylation sites (N-methyl/N-ethyl adjacent to an activating group) is 1. The van der Waals surface area contributed by atoms with Crippen LogP contribution in [0.4, 0.5) is 0 Å². The third kappa shape index (κ3) is 3.71. The molecule has 4 heterocycles. The second-order valence-corrected chi connectivity index (χ2v) is 8.10. The Kier molecular flexibility index (Phi) is 5.14. The molecule has 1 atom stereocenters. The van der Waals surface area contributed by atoms with E-state index >= 15 is 0 Å². The van der Waals surface area contributed by atoms with Crippen molar-refractivity contribution >= 4 is 11.8 Å². The average Bonchev–Trinajstić information content (AvgIpc) is 3.04. The fourth-order valence-electron chi connectivity index (χ4n) is 4.76. The molecule has 0 radical (unpaired) electrons. The molecule has 3 aliphatic rings. The first-order valence-electron chi connectivity index (χ1n) is 9.84. The summed E-state index contributed by atoms with van der Waals surface area (Å²) >= 11 is 0. The van der Waals surface area contributed by atoms with E-state index in [9.17, 15) is 9.59 Å². The summed E-state index contributed by atoms with van der Waals surface area (Å²) in [6.07, 6.45) is 6.14. The number of hydrogen-bond acceptors (Lipinski definition) is 5. The zero-order valence-electron chi connectivity index (χ0n) is 16.0. The normalized spacial score (nSPS) is 25.7. The number of ether oxygens (including phenoxy) is 1. The lowest BCUT2D eigenvalue weighted by atomic mass is 9.76. The molecule has 0 aromatic carbocycles. The van der Waals surface area contributed by atoms with Crippen molar-refractivity contribution in [1.29, 1.82) is 0 Å². The van der Waals surface area contributed by atoms with Crippen molar-refractivity contribution in [3.05, 3.63) is 30.1 Å². The summed E-state index contributed by atoms with van der Waals surface area (Å²) in [6, 6.07) is 3.51. The number of piperidine rings is 1. The van der Waals surface area contributed by atoms with Crippen LogP contribution in [0.1, 0.15) is 29.6 Å². The van der Waals surface area contributed by atoms with E-state index in [1.54, 1.807) is 24.5 Å². The molecule has 1 spiro atoms. The standard InChI is InChI=1S/C20H28N4O3/c1-22-15-20(14-17(22)19(26)24-10-12-27-13-11-24)4-8-23(9-5-20)18(25)16-2-6-21-7-3-16/h2-3,6-7,17H,4-5,8-15H2,1H3. The number of pyridine rings is 1. The number of aromatic nitrogens is 1. The molecule has 1 unspecified atom stereocenters. The molecule has 0 bridgehead atoms. The van der Waals surface area contributed by atoms with Crippen molar-refractivity contribution in [3.8, 4) is 0 Å². The molecule has 4 rings (SSSR count). The molecule has 27 heavy (non-hydrogen) atoms. The largest absolute Gasteiger partial charge is 0.378 e. The Morgan fingerprint density at radius 3 is 2.41 bits per heavy atom. The van der Waals surface area contributed by atoms with E-state index in [2.05, 4.69) is 16.9 Å². The van der Waals surface area contributed by atoms with Crippen LogP contribution in [0.2, 0.25) is 0 Å². The Bertz CT molecular complexity index is 682. The van der Waals surface area contributed by atoms with Gasteiger partial charge in [-0.3, -0.25) is 19.5 Å². The highest BCUT2D eigenvalue weighted by atomic mass is 16.5. The molecule has 1 aromatic heterocycles. The molecular formula is C20H28N4O3. The number of carbonyl (C=O) groups excluding carboxylic acids is 2. The van der Waals surface area contributed by atoms with Gasteiger partial charge in [-0.2, -0.15) is 0 Å². The van der Waals surface area contributed by atoms with Crippen LogP contribution in [-0.4, -0.2) is 90.5 Å². The van der Waals surface area contributed by atoms with E-state index in [0.29, 0.717) is 31.9 Å².